The number of carbonyl (C=O) groups is 1. The van der Waals surface area contributed by atoms with Crippen molar-refractivity contribution in [2.75, 3.05) is 5.88 Å². The van der Waals surface area contributed by atoms with E-state index in [2.05, 4.69) is 10.3 Å². The molecule has 1 atom stereocenters. The standard InChI is InChI=1S/C11H17ClN2O2/c1-7(5-4-6-12)13-11(15)10-8(2)14-9(3)16-10/h7H,4-6H2,1-3H3,(H,13,15). The maximum atomic E-state index is 11.8. The Morgan fingerprint density at radius 3 is 2.75 bits per heavy atom. The molecular formula is C11H17ClN2O2. The maximum absolute atomic E-state index is 11.8. The summed E-state index contributed by atoms with van der Waals surface area (Å²) < 4.78 is 5.23. The smallest absolute Gasteiger partial charge is 0.289 e. The highest BCUT2D eigenvalue weighted by molar-refractivity contribution is 6.17. The van der Waals surface area contributed by atoms with Gasteiger partial charge >= 0.3 is 0 Å². The Labute approximate surface area is 100 Å². The van der Waals surface area contributed by atoms with Crippen LogP contribution < -0.4 is 5.32 Å². The Bertz CT molecular complexity index is 363. The van der Waals surface area contributed by atoms with Crippen LogP contribution in [0.25, 0.3) is 0 Å². The number of hydrogen-bond acceptors (Lipinski definition) is 3. The van der Waals surface area contributed by atoms with Crippen LogP contribution in [0.15, 0.2) is 4.42 Å². The van der Waals surface area contributed by atoms with Gasteiger partial charge in [0.25, 0.3) is 5.91 Å². The third kappa shape index (κ3) is 3.52. The van der Waals surface area contributed by atoms with E-state index in [1.807, 2.05) is 6.92 Å². The summed E-state index contributed by atoms with van der Waals surface area (Å²) in [7, 11) is 0. The highest BCUT2D eigenvalue weighted by Crippen LogP contribution is 2.09. The fraction of sp³-hybridized carbons (Fsp3) is 0.636. The second kappa shape index (κ2) is 5.89. The van der Waals surface area contributed by atoms with Crippen LogP contribution in [0.1, 0.15) is 41.9 Å². The lowest BCUT2D eigenvalue weighted by Crippen LogP contribution is -2.32. The number of alkyl halides is 1. The van der Waals surface area contributed by atoms with Gasteiger partial charge in [0.05, 0.1) is 5.69 Å². The van der Waals surface area contributed by atoms with Crippen molar-refractivity contribution in [3.05, 3.63) is 17.3 Å². The first-order chi connectivity index (χ1) is 7.54. The van der Waals surface area contributed by atoms with Gasteiger partial charge in [0.15, 0.2) is 5.89 Å². The number of amides is 1. The van der Waals surface area contributed by atoms with Crippen molar-refractivity contribution >= 4 is 17.5 Å². The number of nitrogens with zero attached hydrogens (tertiary/aromatic N) is 1. The third-order valence-corrected chi connectivity index (χ3v) is 2.53. The SMILES string of the molecule is Cc1nc(C)c(C(=O)NC(C)CCCCl)o1. The molecular weight excluding hydrogens is 228 g/mol. The van der Waals surface area contributed by atoms with E-state index < -0.39 is 0 Å². The topological polar surface area (TPSA) is 55.1 Å². The van der Waals surface area contributed by atoms with Gasteiger partial charge in [-0.1, -0.05) is 0 Å². The largest absolute Gasteiger partial charge is 0.436 e. The van der Waals surface area contributed by atoms with E-state index in [1.165, 1.54) is 0 Å². The zero-order valence-corrected chi connectivity index (χ0v) is 10.6. The van der Waals surface area contributed by atoms with Crippen molar-refractivity contribution < 1.29 is 9.21 Å². The molecule has 0 aromatic carbocycles. The zero-order chi connectivity index (χ0) is 12.1. The molecule has 0 radical (unpaired) electrons. The third-order valence-electron chi connectivity index (χ3n) is 2.26. The van der Waals surface area contributed by atoms with Gasteiger partial charge in [0.2, 0.25) is 5.76 Å². The summed E-state index contributed by atoms with van der Waals surface area (Å²) in [5.74, 6) is 1.21. The van der Waals surface area contributed by atoms with Crippen molar-refractivity contribution in [2.45, 2.75) is 39.7 Å². The zero-order valence-electron chi connectivity index (χ0n) is 9.84. The number of rotatable bonds is 5. The normalized spacial score (nSPS) is 12.5. The lowest BCUT2D eigenvalue weighted by Gasteiger charge is -2.11. The second-order valence-electron chi connectivity index (χ2n) is 3.85. The highest BCUT2D eigenvalue weighted by atomic mass is 35.5. The van der Waals surface area contributed by atoms with Gasteiger partial charge in [0.1, 0.15) is 0 Å². The summed E-state index contributed by atoms with van der Waals surface area (Å²) in [5, 5.41) is 2.85. The molecule has 0 aliphatic carbocycles. The summed E-state index contributed by atoms with van der Waals surface area (Å²) in [6.07, 6.45) is 1.75. The quantitative estimate of drug-likeness (QED) is 0.810. The second-order valence-corrected chi connectivity index (χ2v) is 4.23. The average molecular weight is 245 g/mol. The molecule has 0 saturated heterocycles. The van der Waals surface area contributed by atoms with E-state index in [0.717, 1.165) is 12.8 Å². The number of nitrogens with one attached hydrogen (secondary N) is 1. The predicted octanol–water partition coefficient (Wildman–Crippen LogP) is 2.43. The number of aryl methyl sites for hydroxylation is 2. The monoisotopic (exact) mass is 244 g/mol. The molecule has 1 amide bonds. The molecule has 0 bridgehead atoms. The number of hydrogen-bond donors (Lipinski definition) is 1. The predicted molar refractivity (Wildman–Crippen MR) is 62.9 cm³/mol. The summed E-state index contributed by atoms with van der Waals surface area (Å²) in [6.45, 7) is 5.43. The average Bonchev–Trinajstić information content (AvgIpc) is 2.54. The maximum Gasteiger partial charge on any atom is 0.289 e. The Hall–Kier alpha value is -1.03. The molecule has 1 unspecified atom stereocenters. The van der Waals surface area contributed by atoms with E-state index in [9.17, 15) is 4.79 Å². The fourth-order valence-corrected chi connectivity index (χ4v) is 1.64. The van der Waals surface area contributed by atoms with Crippen molar-refractivity contribution in [3.8, 4) is 0 Å². The molecule has 1 aromatic heterocycles. The highest BCUT2D eigenvalue weighted by Gasteiger charge is 2.17. The Morgan fingerprint density at radius 1 is 1.56 bits per heavy atom. The molecule has 90 valence electrons. The van der Waals surface area contributed by atoms with Crippen molar-refractivity contribution in [1.29, 1.82) is 0 Å². The molecule has 0 fully saturated rings. The van der Waals surface area contributed by atoms with Crippen molar-refractivity contribution in [2.24, 2.45) is 0 Å². The van der Waals surface area contributed by atoms with Crippen LogP contribution in [0.3, 0.4) is 0 Å². The van der Waals surface area contributed by atoms with E-state index in [4.69, 9.17) is 16.0 Å². The van der Waals surface area contributed by atoms with E-state index in [-0.39, 0.29) is 11.9 Å². The van der Waals surface area contributed by atoms with E-state index >= 15 is 0 Å². The lowest BCUT2D eigenvalue weighted by atomic mass is 10.2. The van der Waals surface area contributed by atoms with Gasteiger partial charge in [-0.3, -0.25) is 4.79 Å². The Morgan fingerprint density at radius 2 is 2.25 bits per heavy atom. The lowest BCUT2D eigenvalue weighted by molar-refractivity contribution is 0.0908. The first-order valence-corrected chi connectivity index (χ1v) is 5.89. The first-order valence-electron chi connectivity index (χ1n) is 5.35. The molecule has 0 spiro atoms. The molecule has 1 aromatic rings. The fourth-order valence-electron chi connectivity index (χ4n) is 1.49. The van der Waals surface area contributed by atoms with Crippen LogP contribution in [0.4, 0.5) is 0 Å². The van der Waals surface area contributed by atoms with Gasteiger partial charge < -0.3 is 9.73 Å². The molecule has 1 N–H and O–H groups in total. The first kappa shape index (κ1) is 13.0. The minimum Gasteiger partial charge on any atom is -0.436 e. The Kier molecular flexibility index (Phi) is 4.80. The van der Waals surface area contributed by atoms with E-state index in [0.29, 0.717) is 23.2 Å². The molecule has 1 rings (SSSR count). The molecule has 1 heterocycles. The van der Waals surface area contributed by atoms with Crippen molar-refractivity contribution in [1.82, 2.24) is 10.3 Å². The van der Waals surface area contributed by atoms with Gasteiger partial charge in [-0.05, 0) is 26.7 Å². The van der Waals surface area contributed by atoms with Crippen LogP contribution >= 0.6 is 11.6 Å². The minimum absolute atomic E-state index is 0.0936. The number of halogens is 1. The van der Waals surface area contributed by atoms with Crippen LogP contribution in [0.2, 0.25) is 0 Å². The van der Waals surface area contributed by atoms with Crippen LogP contribution in [0.5, 0.6) is 0 Å². The number of aromatic nitrogens is 1. The molecule has 16 heavy (non-hydrogen) atoms. The Balaban J connectivity index is 2.55. The number of oxazole rings is 1. The number of carbonyl (C=O) groups excluding carboxylic acids is 1. The van der Waals surface area contributed by atoms with Gasteiger partial charge in [0, 0.05) is 18.8 Å². The van der Waals surface area contributed by atoms with Crippen LogP contribution in [0, 0.1) is 13.8 Å². The summed E-state index contributed by atoms with van der Waals surface area (Å²) in [5.41, 5.74) is 0.625. The minimum atomic E-state index is -0.208. The molecule has 4 nitrogen and oxygen atoms in total. The summed E-state index contributed by atoms with van der Waals surface area (Å²) in [4.78, 5) is 15.8. The summed E-state index contributed by atoms with van der Waals surface area (Å²) >= 11 is 5.59. The molecule has 0 aliphatic rings. The van der Waals surface area contributed by atoms with Gasteiger partial charge in [-0.25, -0.2) is 4.98 Å². The molecule has 0 saturated carbocycles. The van der Waals surface area contributed by atoms with Crippen molar-refractivity contribution in [3.63, 3.8) is 0 Å². The summed E-state index contributed by atoms with van der Waals surface area (Å²) in [6, 6.07) is 0.0936. The van der Waals surface area contributed by atoms with Crippen LogP contribution in [-0.2, 0) is 0 Å². The van der Waals surface area contributed by atoms with E-state index in [1.54, 1.807) is 13.8 Å². The van der Waals surface area contributed by atoms with Gasteiger partial charge in [-0.2, -0.15) is 0 Å². The molecule has 0 aliphatic heterocycles. The van der Waals surface area contributed by atoms with Gasteiger partial charge in [-0.15, -0.1) is 11.6 Å². The van der Waals surface area contributed by atoms with Crippen LogP contribution in [-0.4, -0.2) is 22.8 Å². The molecule has 5 heteroatoms.